The van der Waals surface area contributed by atoms with Crippen LogP contribution in [0.15, 0.2) is 42.6 Å². The number of benzene rings is 1. The molecule has 2 rings (SSSR count). The molecule has 0 unspecified atom stereocenters. The van der Waals surface area contributed by atoms with Crippen LogP contribution < -0.4 is 11.1 Å². The van der Waals surface area contributed by atoms with Crippen molar-refractivity contribution in [1.29, 1.82) is 0 Å². The van der Waals surface area contributed by atoms with E-state index in [1.165, 1.54) is 30.5 Å². The van der Waals surface area contributed by atoms with Crippen molar-refractivity contribution in [3.8, 4) is 0 Å². The fourth-order valence-electron chi connectivity index (χ4n) is 1.69. The maximum absolute atomic E-state index is 12.4. The Kier molecular flexibility index (Phi) is 4.11. The summed E-state index contributed by atoms with van der Waals surface area (Å²) in [5, 5.41) is 2.60. The van der Waals surface area contributed by atoms with Gasteiger partial charge in [0, 0.05) is 18.3 Å². The highest BCUT2D eigenvalue weighted by molar-refractivity contribution is 5.94. The molecule has 2 aromatic rings. The molecule has 0 saturated carbocycles. The van der Waals surface area contributed by atoms with Gasteiger partial charge in [-0.15, -0.1) is 0 Å². The first kappa shape index (κ1) is 14.8. The van der Waals surface area contributed by atoms with E-state index in [2.05, 4.69) is 10.3 Å². The standard InChI is InChI=1S/C14H12F3N3O/c15-14(16,17)11-3-1-9(2-4-11)8-20-13(21)10-5-6-19-12(18)7-10/h1-7H,8H2,(H2,18,19)(H,20,21). The van der Waals surface area contributed by atoms with Gasteiger partial charge in [0.1, 0.15) is 5.82 Å². The Balaban J connectivity index is 1.98. The van der Waals surface area contributed by atoms with Crippen LogP contribution in [0.25, 0.3) is 0 Å². The van der Waals surface area contributed by atoms with E-state index in [0.717, 1.165) is 12.1 Å². The average Bonchev–Trinajstić information content (AvgIpc) is 2.44. The fraction of sp³-hybridized carbons (Fsp3) is 0.143. The van der Waals surface area contributed by atoms with Gasteiger partial charge < -0.3 is 11.1 Å². The predicted octanol–water partition coefficient (Wildman–Crippen LogP) is 2.61. The van der Waals surface area contributed by atoms with Crippen molar-refractivity contribution >= 4 is 11.7 Å². The first-order valence-electron chi connectivity index (χ1n) is 6.02. The smallest absolute Gasteiger partial charge is 0.384 e. The molecule has 0 aliphatic rings. The Morgan fingerprint density at radius 2 is 1.86 bits per heavy atom. The summed E-state index contributed by atoms with van der Waals surface area (Å²) in [5.41, 5.74) is 5.65. The van der Waals surface area contributed by atoms with E-state index >= 15 is 0 Å². The quantitative estimate of drug-likeness (QED) is 0.914. The molecule has 0 fully saturated rings. The molecule has 1 amide bonds. The van der Waals surface area contributed by atoms with E-state index < -0.39 is 11.7 Å². The summed E-state index contributed by atoms with van der Waals surface area (Å²) in [7, 11) is 0. The van der Waals surface area contributed by atoms with Crippen LogP contribution in [0.2, 0.25) is 0 Å². The zero-order valence-corrected chi connectivity index (χ0v) is 10.8. The van der Waals surface area contributed by atoms with Gasteiger partial charge in [-0.25, -0.2) is 4.98 Å². The number of carbonyl (C=O) groups is 1. The lowest BCUT2D eigenvalue weighted by atomic mass is 10.1. The van der Waals surface area contributed by atoms with Crippen molar-refractivity contribution in [2.75, 3.05) is 5.73 Å². The number of anilines is 1. The number of pyridine rings is 1. The number of nitrogens with one attached hydrogen (secondary N) is 1. The van der Waals surface area contributed by atoms with Gasteiger partial charge in [0.2, 0.25) is 0 Å². The van der Waals surface area contributed by atoms with Crippen molar-refractivity contribution in [3.63, 3.8) is 0 Å². The maximum atomic E-state index is 12.4. The minimum absolute atomic E-state index is 0.124. The van der Waals surface area contributed by atoms with Crippen LogP contribution in [-0.4, -0.2) is 10.9 Å². The van der Waals surface area contributed by atoms with Crippen molar-refractivity contribution in [1.82, 2.24) is 10.3 Å². The highest BCUT2D eigenvalue weighted by Gasteiger charge is 2.29. The molecule has 21 heavy (non-hydrogen) atoms. The van der Waals surface area contributed by atoms with Gasteiger partial charge in [0.15, 0.2) is 0 Å². The van der Waals surface area contributed by atoms with Gasteiger partial charge in [0.25, 0.3) is 5.91 Å². The second kappa shape index (κ2) is 5.82. The molecule has 0 spiro atoms. The molecule has 0 aliphatic carbocycles. The zero-order valence-electron chi connectivity index (χ0n) is 10.8. The number of aromatic nitrogens is 1. The number of rotatable bonds is 3. The Hall–Kier alpha value is -2.57. The van der Waals surface area contributed by atoms with Crippen LogP contribution in [0.3, 0.4) is 0 Å². The Morgan fingerprint density at radius 3 is 2.43 bits per heavy atom. The Labute approximate surface area is 118 Å². The van der Waals surface area contributed by atoms with Crippen LogP contribution in [0.4, 0.5) is 19.0 Å². The van der Waals surface area contributed by atoms with E-state index in [1.807, 2.05) is 0 Å². The molecular formula is C14H12F3N3O. The molecule has 3 N–H and O–H groups in total. The lowest BCUT2D eigenvalue weighted by Gasteiger charge is -2.09. The lowest BCUT2D eigenvalue weighted by Crippen LogP contribution is -2.23. The van der Waals surface area contributed by atoms with E-state index in [-0.39, 0.29) is 18.3 Å². The van der Waals surface area contributed by atoms with Crippen LogP contribution in [0, 0.1) is 0 Å². The van der Waals surface area contributed by atoms with Gasteiger partial charge in [-0.1, -0.05) is 12.1 Å². The van der Waals surface area contributed by atoms with Gasteiger partial charge in [-0.05, 0) is 29.8 Å². The third-order valence-corrected chi connectivity index (χ3v) is 2.78. The summed E-state index contributed by atoms with van der Waals surface area (Å²) in [6.45, 7) is 0.124. The summed E-state index contributed by atoms with van der Waals surface area (Å²) < 4.78 is 37.2. The summed E-state index contributed by atoms with van der Waals surface area (Å²) in [4.78, 5) is 15.6. The molecule has 1 heterocycles. The minimum Gasteiger partial charge on any atom is -0.384 e. The van der Waals surface area contributed by atoms with Gasteiger partial charge >= 0.3 is 6.18 Å². The SMILES string of the molecule is Nc1cc(C(=O)NCc2ccc(C(F)(F)F)cc2)ccn1. The molecule has 4 nitrogen and oxygen atoms in total. The van der Waals surface area contributed by atoms with Crippen LogP contribution in [-0.2, 0) is 12.7 Å². The number of carbonyl (C=O) groups excluding carboxylic acids is 1. The van der Waals surface area contributed by atoms with E-state index in [0.29, 0.717) is 11.1 Å². The van der Waals surface area contributed by atoms with Crippen LogP contribution >= 0.6 is 0 Å². The monoisotopic (exact) mass is 295 g/mol. The maximum Gasteiger partial charge on any atom is 0.416 e. The summed E-state index contributed by atoms with van der Waals surface area (Å²) in [5.74, 6) is -0.152. The van der Waals surface area contributed by atoms with E-state index in [1.54, 1.807) is 0 Å². The predicted molar refractivity (Wildman–Crippen MR) is 71.3 cm³/mol. The molecule has 0 atom stereocenters. The van der Waals surface area contributed by atoms with Crippen LogP contribution in [0.1, 0.15) is 21.5 Å². The van der Waals surface area contributed by atoms with Crippen molar-refractivity contribution in [2.24, 2.45) is 0 Å². The summed E-state index contributed by atoms with van der Waals surface area (Å²) >= 11 is 0. The highest BCUT2D eigenvalue weighted by atomic mass is 19.4. The normalized spacial score (nSPS) is 11.2. The molecule has 110 valence electrons. The van der Waals surface area contributed by atoms with Crippen molar-refractivity contribution in [2.45, 2.75) is 12.7 Å². The van der Waals surface area contributed by atoms with E-state index in [4.69, 9.17) is 5.73 Å². The van der Waals surface area contributed by atoms with Gasteiger partial charge in [-0.3, -0.25) is 4.79 Å². The third kappa shape index (κ3) is 3.95. The third-order valence-electron chi connectivity index (χ3n) is 2.78. The van der Waals surface area contributed by atoms with Gasteiger partial charge in [0.05, 0.1) is 5.56 Å². The average molecular weight is 295 g/mol. The first-order chi connectivity index (χ1) is 9.86. The number of nitrogens with two attached hydrogens (primary N) is 1. The minimum atomic E-state index is -4.36. The van der Waals surface area contributed by atoms with Gasteiger partial charge in [-0.2, -0.15) is 13.2 Å². The van der Waals surface area contributed by atoms with Crippen LogP contribution in [0.5, 0.6) is 0 Å². The molecule has 1 aromatic heterocycles. The van der Waals surface area contributed by atoms with Crippen molar-refractivity contribution < 1.29 is 18.0 Å². The lowest BCUT2D eigenvalue weighted by molar-refractivity contribution is -0.137. The van der Waals surface area contributed by atoms with Crippen molar-refractivity contribution in [3.05, 3.63) is 59.3 Å². The fourth-order valence-corrected chi connectivity index (χ4v) is 1.69. The number of hydrogen-bond donors (Lipinski definition) is 2. The largest absolute Gasteiger partial charge is 0.416 e. The zero-order chi connectivity index (χ0) is 15.5. The summed E-state index contributed by atoms with van der Waals surface area (Å²) in [6, 6.07) is 7.52. The highest BCUT2D eigenvalue weighted by Crippen LogP contribution is 2.29. The number of halogens is 3. The second-order valence-corrected chi connectivity index (χ2v) is 4.35. The first-order valence-corrected chi connectivity index (χ1v) is 6.02. The summed E-state index contributed by atoms with van der Waals surface area (Å²) in [6.07, 6.45) is -2.96. The Morgan fingerprint density at radius 1 is 1.19 bits per heavy atom. The number of hydrogen-bond acceptors (Lipinski definition) is 3. The molecule has 0 radical (unpaired) electrons. The number of nitrogen functional groups attached to an aromatic ring is 1. The number of amides is 1. The molecule has 0 saturated heterocycles. The topological polar surface area (TPSA) is 68.0 Å². The number of alkyl halides is 3. The molecular weight excluding hydrogens is 283 g/mol. The number of nitrogens with zero attached hydrogens (tertiary/aromatic N) is 1. The van der Waals surface area contributed by atoms with E-state index in [9.17, 15) is 18.0 Å². The second-order valence-electron chi connectivity index (χ2n) is 4.35. The molecule has 7 heteroatoms. The molecule has 0 aliphatic heterocycles. The molecule has 0 bridgehead atoms. The molecule has 1 aromatic carbocycles. The Bertz CT molecular complexity index is 639.